The summed E-state index contributed by atoms with van der Waals surface area (Å²) in [6.07, 6.45) is 3.43. The number of halogens is 1. The number of Topliss-reactive ketones (excluding diaryl/α,β-unsaturated/α-hetero) is 1. The predicted molar refractivity (Wildman–Crippen MR) is 69.2 cm³/mol. The molecule has 1 heterocycles. The zero-order valence-electron chi connectivity index (χ0n) is 8.43. The molecule has 2 aromatic rings. The van der Waals surface area contributed by atoms with Gasteiger partial charge in [0.15, 0.2) is 5.78 Å². The van der Waals surface area contributed by atoms with Gasteiger partial charge in [0, 0.05) is 15.6 Å². The Labute approximate surface area is 107 Å². The second kappa shape index (κ2) is 5.16. The number of aromatic nitrogens is 2. The van der Waals surface area contributed by atoms with Crippen molar-refractivity contribution in [3.63, 3.8) is 0 Å². The number of ketones is 1. The monoisotopic (exact) mass is 324 g/mol. The zero-order chi connectivity index (χ0) is 11.4. The van der Waals surface area contributed by atoms with Crippen LogP contribution in [0.5, 0.6) is 0 Å². The molecule has 0 amide bonds. The fourth-order valence-electron chi connectivity index (χ4n) is 1.35. The molecule has 16 heavy (non-hydrogen) atoms. The summed E-state index contributed by atoms with van der Waals surface area (Å²) in [6, 6.07) is 9.60. The summed E-state index contributed by atoms with van der Waals surface area (Å²) in [5.41, 5.74) is 1.62. The molecule has 1 aromatic heterocycles. The van der Waals surface area contributed by atoms with E-state index in [4.69, 9.17) is 0 Å². The van der Waals surface area contributed by atoms with Crippen molar-refractivity contribution in [1.82, 2.24) is 10.2 Å². The number of rotatable bonds is 3. The van der Waals surface area contributed by atoms with Gasteiger partial charge in [0.2, 0.25) is 0 Å². The molecule has 1 aromatic carbocycles. The highest BCUT2D eigenvalue weighted by Crippen LogP contribution is 2.09. The lowest BCUT2D eigenvalue weighted by molar-refractivity contribution is 0.0992. The standard InChI is InChI=1S/C12H9IN2O/c13-11-3-1-9(2-4-11)7-12(16)10-5-6-14-15-8-10/h1-6,8H,7H2. The maximum atomic E-state index is 11.8. The van der Waals surface area contributed by atoms with Crippen molar-refractivity contribution in [2.75, 3.05) is 0 Å². The van der Waals surface area contributed by atoms with E-state index in [0.29, 0.717) is 12.0 Å². The third kappa shape index (κ3) is 2.85. The van der Waals surface area contributed by atoms with E-state index in [1.807, 2.05) is 24.3 Å². The molecule has 0 N–H and O–H groups in total. The summed E-state index contributed by atoms with van der Waals surface area (Å²) in [5, 5.41) is 7.33. The lowest BCUT2D eigenvalue weighted by atomic mass is 10.1. The third-order valence-electron chi connectivity index (χ3n) is 2.18. The van der Waals surface area contributed by atoms with Crippen LogP contribution in [0.1, 0.15) is 15.9 Å². The van der Waals surface area contributed by atoms with E-state index in [2.05, 4.69) is 32.8 Å². The van der Waals surface area contributed by atoms with Crippen LogP contribution in [0.15, 0.2) is 42.7 Å². The Hall–Kier alpha value is -1.30. The molecule has 0 aliphatic carbocycles. The molecule has 0 radical (unpaired) electrons. The lowest BCUT2D eigenvalue weighted by Crippen LogP contribution is -2.04. The number of hydrogen-bond donors (Lipinski definition) is 0. The minimum absolute atomic E-state index is 0.0658. The summed E-state index contributed by atoms with van der Waals surface area (Å²) < 4.78 is 1.17. The molecule has 80 valence electrons. The van der Waals surface area contributed by atoms with Gasteiger partial charge in [-0.25, -0.2) is 0 Å². The maximum Gasteiger partial charge on any atom is 0.168 e. The van der Waals surface area contributed by atoms with Crippen molar-refractivity contribution < 1.29 is 4.79 Å². The van der Waals surface area contributed by atoms with Crippen LogP contribution in [0.4, 0.5) is 0 Å². The first kappa shape index (κ1) is 11.2. The van der Waals surface area contributed by atoms with E-state index in [9.17, 15) is 4.79 Å². The number of benzene rings is 1. The summed E-state index contributed by atoms with van der Waals surface area (Å²) in [6.45, 7) is 0. The highest BCUT2D eigenvalue weighted by molar-refractivity contribution is 14.1. The topological polar surface area (TPSA) is 42.9 Å². The Morgan fingerprint density at radius 2 is 1.88 bits per heavy atom. The number of hydrogen-bond acceptors (Lipinski definition) is 3. The minimum atomic E-state index is 0.0658. The fourth-order valence-corrected chi connectivity index (χ4v) is 1.70. The van der Waals surface area contributed by atoms with Crippen molar-refractivity contribution in [3.8, 4) is 0 Å². The second-order valence-corrected chi connectivity index (χ2v) is 4.60. The number of carbonyl (C=O) groups excluding carboxylic acids is 1. The van der Waals surface area contributed by atoms with Crippen LogP contribution >= 0.6 is 22.6 Å². The first-order valence-electron chi connectivity index (χ1n) is 4.80. The van der Waals surface area contributed by atoms with Gasteiger partial charge in [-0.15, -0.1) is 0 Å². The normalized spacial score (nSPS) is 10.1. The van der Waals surface area contributed by atoms with Gasteiger partial charge in [-0.3, -0.25) is 4.79 Å². The number of carbonyl (C=O) groups is 1. The molecular weight excluding hydrogens is 315 g/mol. The molecule has 0 saturated carbocycles. The molecule has 0 unspecified atom stereocenters. The summed E-state index contributed by atoms with van der Waals surface area (Å²) in [5.74, 6) is 0.0658. The average molecular weight is 324 g/mol. The largest absolute Gasteiger partial charge is 0.294 e. The molecular formula is C12H9IN2O. The molecule has 0 bridgehead atoms. The van der Waals surface area contributed by atoms with Gasteiger partial charge in [0.25, 0.3) is 0 Å². The Morgan fingerprint density at radius 1 is 1.12 bits per heavy atom. The lowest BCUT2D eigenvalue weighted by Gasteiger charge is -2.00. The molecule has 0 aliphatic heterocycles. The van der Waals surface area contributed by atoms with E-state index in [0.717, 1.165) is 5.56 Å². The van der Waals surface area contributed by atoms with E-state index < -0.39 is 0 Å². The molecule has 0 spiro atoms. The van der Waals surface area contributed by atoms with Crippen molar-refractivity contribution in [2.24, 2.45) is 0 Å². The molecule has 0 atom stereocenters. The van der Waals surface area contributed by atoms with E-state index in [-0.39, 0.29) is 5.78 Å². The Bertz CT molecular complexity index is 482. The molecule has 0 fully saturated rings. The molecule has 2 rings (SSSR count). The van der Waals surface area contributed by atoms with Crippen LogP contribution in [-0.2, 0) is 6.42 Å². The molecule has 0 aliphatic rings. The van der Waals surface area contributed by atoms with Gasteiger partial charge in [-0.2, -0.15) is 10.2 Å². The Kier molecular flexibility index (Phi) is 3.61. The quantitative estimate of drug-likeness (QED) is 0.644. The molecule has 0 saturated heterocycles. The summed E-state index contributed by atoms with van der Waals surface area (Å²) in [4.78, 5) is 11.8. The van der Waals surface area contributed by atoms with Crippen molar-refractivity contribution in [2.45, 2.75) is 6.42 Å². The smallest absolute Gasteiger partial charge is 0.168 e. The Morgan fingerprint density at radius 3 is 2.50 bits per heavy atom. The van der Waals surface area contributed by atoms with E-state index >= 15 is 0 Å². The second-order valence-electron chi connectivity index (χ2n) is 3.36. The molecule has 4 heteroatoms. The third-order valence-corrected chi connectivity index (χ3v) is 2.90. The van der Waals surface area contributed by atoms with Gasteiger partial charge in [0.1, 0.15) is 0 Å². The van der Waals surface area contributed by atoms with Crippen LogP contribution in [0.25, 0.3) is 0 Å². The van der Waals surface area contributed by atoms with Crippen LogP contribution in [0, 0.1) is 3.57 Å². The van der Waals surface area contributed by atoms with E-state index in [1.165, 1.54) is 16.0 Å². The zero-order valence-corrected chi connectivity index (χ0v) is 10.6. The predicted octanol–water partition coefficient (Wildman–Crippen LogP) is 2.51. The van der Waals surface area contributed by atoms with Crippen LogP contribution in [0.3, 0.4) is 0 Å². The maximum absolute atomic E-state index is 11.8. The van der Waals surface area contributed by atoms with Gasteiger partial charge >= 0.3 is 0 Å². The van der Waals surface area contributed by atoms with Crippen LogP contribution < -0.4 is 0 Å². The first-order valence-corrected chi connectivity index (χ1v) is 5.88. The van der Waals surface area contributed by atoms with Gasteiger partial charge in [0.05, 0.1) is 12.4 Å². The first-order chi connectivity index (χ1) is 7.75. The van der Waals surface area contributed by atoms with Crippen molar-refractivity contribution in [1.29, 1.82) is 0 Å². The highest BCUT2D eigenvalue weighted by atomic mass is 127. The average Bonchev–Trinajstić information content (AvgIpc) is 2.33. The Balaban J connectivity index is 2.11. The van der Waals surface area contributed by atoms with Gasteiger partial charge in [-0.1, -0.05) is 12.1 Å². The van der Waals surface area contributed by atoms with Gasteiger partial charge < -0.3 is 0 Å². The molecule has 3 nitrogen and oxygen atoms in total. The number of nitrogens with zero attached hydrogens (tertiary/aromatic N) is 2. The van der Waals surface area contributed by atoms with Gasteiger partial charge in [-0.05, 0) is 46.4 Å². The van der Waals surface area contributed by atoms with Crippen LogP contribution in [0.2, 0.25) is 0 Å². The van der Waals surface area contributed by atoms with Crippen LogP contribution in [-0.4, -0.2) is 16.0 Å². The highest BCUT2D eigenvalue weighted by Gasteiger charge is 2.06. The fraction of sp³-hybridized carbons (Fsp3) is 0.0833. The van der Waals surface area contributed by atoms with E-state index in [1.54, 1.807) is 6.07 Å². The van der Waals surface area contributed by atoms with Crippen molar-refractivity contribution in [3.05, 3.63) is 57.4 Å². The van der Waals surface area contributed by atoms with Crippen molar-refractivity contribution >= 4 is 28.4 Å². The SMILES string of the molecule is O=C(Cc1ccc(I)cc1)c1ccnnc1. The summed E-state index contributed by atoms with van der Waals surface area (Å²) in [7, 11) is 0. The summed E-state index contributed by atoms with van der Waals surface area (Å²) >= 11 is 2.24. The minimum Gasteiger partial charge on any atom is -0.294 e.